The summed E-state index contributed by atoms with van der Waals surface area (Å²) in [4.78, 5) is 7.10. The fraction of sp³-hybridized carbons (Fsp3) is 0. The Hall–Kier alpha value is -2.43. The summed E-state index contributed by atoms with van der Waals surface area (Å²) in [5.41, 5.74) is 7.35. The lowest BCUT2D eigenvalue weighted by Gasteiger charge is -2.01. The van der Waals surface area contributed by atoms with E-state index in [1.165, 1.54) is 24.3 Å². The topological polar surface area (TPSA) is 54.7 Å². The molecule has 0 spiro atoms. The van der Waals surface area contributed by atoms with Crippen molar-refractivity contribution in [3.8, 4) is 11.4 Å². The van der Waals surface area contributed by atoms with Gasteiger partial charge < -0.3 is 10.7 Å². The zero-order valence-corrected chi connectivity index (χ0v) is 9.24. The number of aromatic nitrogens is 2. The van der Waals surface area contributed by atoms with Crippen LogP contribution in [0.25, 0.3) is 22.4 Å². The number of anilines is 1. The van der Waals surface area contributed by atoms with Crippen molar-refractivity contribution in [2.45, 2.75) is 0 Å². The summed E-state index contributed by atoms with van der Waals surface area (Å²) in [7, 11) is 0. The zero-order chi connectivity index (χ0) is 12.7. The number of imidazole rings is 1. The van der Waals surface area contributed by atoms with Crippen molar-refractivity contribution in [2.24, 2.45) is 0 Å². The molecule has 5 heteroatoms. The number of H-pyrrole nitrogens is 1. The van der Waals surface area contributed by atoms with Crippen LogP contribution in [0.1, 0.15) is 0 Å². The molecule has 2 aromatic carbocycles. The van der Waals surface area contributed by atoms with Crippen LogP contribution >= 0.6 is 0 Å². The molecule has 0 amide bonds. The maximum atomic E-state index is 13.5. The van der Waals surface area contributed by atoms with Gasteiger partial charge in [0.25, 0.3) is 0 Å². The second-order valence-electron chi connectivity index (χ2n) is 3.95. The number of nitrogens with one attached hydrogen (secondary N) is 1. The van der Waals surface area contributed by atoms with Gasteiger partial charge in [-0.15, -0.1) is 0 Å². The van der Waals surface area contributed by atoms with Gasteiger partial charge in [-0.3, -0.25) is 0 Å². The van der Waals surface area contributed by atoms with Crippen LogP contribution in [0.15, 0.2) is 36.4 Å². The van der Waals surface area contributed by atoms with Crippen LogP contribution in [0.3, 0.4) is 0 Å². The molecule has 0 aliphatic rings. The molecule has 0 saturated carbocycles. The Balaban J connectivity index is 2.23. The van der Waals surface area contributed by atoms with Crippen LogP contribution in [0.5, 0.6) is 0 Å². The van der Waals surface area contributed by atoms with Crippen LogP contribution in [0, 0.1) is 11.6 Å². The number of para-hydroxylation sites is 1. The van der Waals surface area contributed by atoms with E-state index >= 15 is 0 Å². The molecule has 3 N–H and O–H groups in total. The molecule has 3 aromatic rings. The second kappa shape index (κ2) is 3.80. The van der Waals surface area contributed by atoms with Crippen molar-refractivity contribution >= 4 is 16.7 Å². The summed E-state index contributed by atoms with van der Waals surface area (Å²) in [6.45, 7) is 0. The van der Waals surface area contributed by atoms with Crippen molar-refractivity contribution in [1.82, 2.24) is 9.97 Å². The molecule has 3 rings (SSSR count). The molecule has 0 aliphatic heterocycles. The van der Waals surface area contributed by atoms with Crippen LogP contribution in [0.4, 0.5) is 14.5 Å². The highest BCUT2D eigenvalue weighted by Gasteiger charge is 2.11. The number of hydrogen-bond acceptors (Lipinski definition) is 2. The number of fused-ring (bicyclic) bond motifs is 1. The Labute approximate surface area is 101 Å². The lowest BCUT2D eigenvalue weighted by Crippen LogP contribution is -1.92. The van der Waals surface area contributed by atoms with Crippen molar-refractivity contribution in [3.05, 3.63) is 48.0 Å². The van der Waals surface area contributed by atoms with Gasteiger partial charge in [0.1, 0.15) is 17.2 Å². The standard InChI is InChI=1S/C13H9F2N3/c14-7-4-5-8(10(16)6-7)13-17-11-3-1-2-9(15)12(11)18-13/h1-6H,16H2,(H,17,18). The predicted octanol–water partition coefficient (Wildman–Crippen LogP) is 3.09. The van der Waals surface area contributed by atoms with Gasteiger partial charge in [-0.25, -0.2) is 13.8 Å². The third-order valence-electron chi connectivity index (χ3n) is 2.73. The number of halogens is 2. The lowest BCUT2D eigenvalue weighted by atomic mass is 10.1. The Morgan fingerprint density at radius 2 is 1.94 bits per heavy atom. The molecular weight excluding hydrogens is 236 g/mol. The first-order valence-electron chi connectivity index (χ1n) is 5.35. The van der Waals surface area contributed by atoms with Crippen molar-refractivity contribution < 1.29 is 8.78 Å². The lowest BCUT2D eigenvalue weighted by molar-refractivity contribution is 0.628. The van der Waals surface area contributed by atoms with E-state index in [1.54, 1.807) is 12.1 Å². The SMILES string of the molecule is Nc1cc(F)ccc1-c1nc2c(F)cccc2[nH]1. The average molecular weight is 245 g/mol. The minimum atomic E-state index is -0.418. The van der Waals surface area contributed by atoms with Gasteiger partial charge in [0.15, 0.2) is 5.82 Å². The van der Waals surface area contributed by atoms with Gasteiger partial charge in [-0.2, -0.15) is 0 Å². The maximum absolute atomic E-state index is 13.5. The van der Waals surface area contributed by atoms with Gasteiger partial charge in [-0.05, 0) is 30.3 Å². The molecule has 1 aromatic heterocycles. The minimum Gasteiger partial charge on any atom is -0.398 e. The highest BCUT2D eigenvalue weighted by atomic mass is 19.1. The molecule has 18 heavy (non-hydrogen) atoms. The molecule has 0 bridgehead atoms. The summed E-state index contributed by atoms with van der Waals surface area (Å²) in [6, 6.07) is 8.65. The normalized spacial score (nSPS) is 11.0. The number of aromatic amines is 1. The Morgan fingerprint density at radius 1 is 1.11 bits per heavy atom. The number of nitrogen functional groups attached to an aromatic ring is 1. The highest BCUT2D eigenvalue weighted by molar-refractivity contribution is 5.82. The van der Waals surface area contributed by atoms with E-state index in [9.17, 15) is 8.78 Å². The maximum Gasteiger partial charge on any atom is 0.151 e. The summed E-state index contributed by atoms with van der Waals surface area (Å²) in [5, 5.41) is 0. The van der Waals surface area contributed by atoms with Gasteiger partial charge in [-0.1, -0.05) is 6.07 Å². The third-order valence-corrected chi connectivity index (χ3v) is 2.73. The minimum absolute atomic E-state index is 0.247. The summed E-state index contributed by atoms with van der Waals surface area (Å²) in [5.74, 6) is -0.401. The average Bonchev–Trinajstić information content (AvgIpc) is 2.74. The van der Waals surface area contributed by atoms with E-state index in [0.717, 1.165) is 0 Å². The summed E-state index contributed by atoms with van der Waals surface area (Å²) >= 11 is 0. The Kier molecular flexibility index (Phi) is 2.26. The number of hydrogen-bond donors (Lipinski definition) is 2. The largest absolute Gasteiger partial charge is 0.398 e. The molecule has 0 radical (unpaired) electrons. The Morgan fingerprint density at radius 3 is 2.67 bits per heavy atom. The summed E-state index contributed by atoms with van der Waals surface area (Å²) < 4.78 is 26.5. The molecule has 0 atom stereocenters. The number of nitrogens with zero attached hydrogens (tertiary/aromatic N) is 1. The molecule has 0 fully saturated rings. The predicted molar refractivity (Wildman–Crippen MR) is 65.9 cm³/mol. The van der Waals surface area contributed by atoms with Crippen LogP contribution in [0.2, 0.25) is 0 Å². The van der Waals surface area contributed by atoms with Crippen molar-refractivity contribution in [2.75, 3.05) is 5.73 Å². The van der Waals surface area contributed by atoms with Crippen LogP contribution < -0.4 is 5.73 Å². The second-order valence-corrected chi connectivity index (χ2v) is 3.95. The number of rotatable bonds is 1. The van der Waals surface area contributed by atoms with Gasteiger partial charge in [0.2, 0.25) is 0 Å². The first-order valence-corrected chi connectivity index (χ1v) is 5.35. The zero-order valence-electron chi connectivity index (χ0n) is 9.24. The van der Waals surface area contributed by atoms with E-state index in [1.807, 2.05) is 0 Å². The number of nitrogens with two attached hydrogens (primary N) is 1. The molecule has 1 heterocycles. The van der Waals surface area contributed by atoms with E-state index in [2.05, 4.69) is 9.97 Å². The molecule has 0 unspecified atom stereocenters. The molecular formula is C13H9F2N3. The van der Waals surface area contributed by atoms with Crippen LogP contribution in [-0.4, -0.2) is 9.97 Å². The molecule has 90 valence electrons. The van der Waals surface area contributed by atoms with Gasteiger partial charge in [0, 0.05) is 11.3 Å². The quantitative estimate of drug-likeness (QED) is 0.647. The van der Waals surface area contributed by atoms with E-state index in [-0.39, 0.29) is 11.2 Å². The third kappa shape index (κ3) is 1.60. The molecule has 3 nitrogen and oxygen atoms in total. The van der Waals surface area contributed by atoms with E-state index in [0.29, 0.717) is 16.9 Å². The van der Waals surface area contributed by atoms with Crippen molar-refractivity contribution in [1.29, 1.82) is 0 Å². The number of benzene rings is 2. The molecule has 0 saturated heterocycles. The molecule has 0 aliphatic carbocycles. The van der Waals surface area contributed by atoms with Gasteiger partial charge in [0.05, 0.1) is 5.52 Å². The fourth-order valence-electron chi connectivity index (χ4n) is 1.87. The van der Waals surface area contributed by atoms with E-state index in [4.69, 9.17) is 5.73 Å². The summed E-state index contributed by atoms with van der Waals surface area (Å²) in [6.07, 6.45) is 0. The first-order chi connectivity index (χ1) is 8.65. The van der Waals surface area contributed by atoms with Gasteiger partial charge >= 0.3 is 0 Å². The Bertz CT molecular complexity index is 734. The fourth-order valence-corrected chi connectivity index (χ4v) is 1.87. The van der Waals surface area contributed by atoms with E-state index < -0.39 is 11.6 Å². The first kappa shape index (κ1) is 10.7. The highest BCUT2D eigenvalue weighted by Crippen LogP contribution is 2.26. The van der Waals surface area contributed by atoms with Crippen molar-refractivity contribution in [3.63, 3.8) is 0 Å². The monoisotopic (exact) mass is 245 g/mol. The smallest absolute Gasteiger partial charge is 0.151 e. The van der Waals surface area contributed by atoms with Crippen LogP contribution in [-0.2, 0) is 0 Å².